The smallest absolute Gasteiger partial charge is 0.312 e. The van der Waals surface area contributed by atoms with Gasteiger partial charge < -0.3 is 19.4 Å². The molecule has 0 radical (unpaired) electrons. The van der Waals surface area contributed by atoms with Gasteiger partial charge in [0, 0.05) is 13.8 Å². The maximum absolute atomic E-state index is 13.5. The van der Waals surface area contributed by atoms with Crippen LogP contribution in [0.3, 0.4) is 0 Å². The van der Waals surface area contributed by atoms with Crippen LogP contribution in [-0.4, -0.2) is 48.6 Å². The van der Waals surface area contributed by atoms with E-state index in [2.05, 4.69) is 45.9 Å². The van der Waals surface area contributed by atoms with Crippen LogP contribution in [0.1, 0.15) is 113 Å². The normalized spacial score (nSPS) is 45.8. The van der Waals surface area contributed by atoms with Gasteiger partial charge in [-0.3, -0.25) is 14.4 Å². The topological polar surface area (TPSA) is 111 Å². The summed E-state index contributed by atoms with van der Waals surface area (Å²) in [4.78, 5) is 37.8. The van der Waals surface area contributed by atoms with Gasteiger partial charge in [0.15, 0.2) is 0 Å². The minimum absolute atomic E-state index is 0.0486. The van der Waals surface area contributed by atoms with Crippen molar-refractivity contribution in [2.45, 2.75) is 119 Å². The fourth-order valence-electron chi connectivity index (χ4n) is 11.5. The fraction of sp³-hybridized carbons (Fsp3) is 0.829. The lowest BCUT2D eigenvalue weighted by Gasteiger charge is -2.71. The highest BCUT2D eigenvalue weighted by Gasteiger charge is 2.71. The molecule has 8 nitrogen and oxygen atoms in total. The molecule has 1 N–H and O–H groups in total. The van der Waals surface area contributed by atoms with Gasteiger partial charge in [-0.25, -0.2) is 0 Å². The zero-order valence-corrected chi connectivity index (χ0v) is 27.8. The molecule has 4 saturated carbocycles. The summed E-state index contributed by atoms with van der Waals surface area (Å²) < 4.78 is 17.0. The first-order valence-corrected chi connectivity index (χ1v) is 16.3. The van der Waals surface area contributed by atoms with Gasteiger partial charge in [0.25, 0.3) is 0 Å². The molecule has 0 heterocycles. The number of fused-ring (bicyclic) bond motifs is 7. The SMILES string of the molecule is COC(=O)[C@]12CCC(C)(C)C[C@H]1C1=CC[C@@H]3[C@@]4(C)C[C@@H](OC(C)=O)/C(=N\O)[C@](C)(COC(C)=O)[C@@H]4CC[C@@]3(C)[C@]1(C)CC2. The van der Waals surface area contributed by atoms with Crippen molar-refractivity contribution in [1.82, 2.24) is 0 Å². The highest BCUT2D eigenvalue weighted by molar-refractivity contribution is 5.96. The molecule has 5 aliphatic rings. The summed E-state index contributed by atoms with van der Waals surface area (Å²) in [5.41, 5.74) is 0.284. The first kappa shape index (κ1) is 32.0. The second-order valence-electron chi connectivity index (χ2n) is 16.3. The summed E-state index contributed by atoms with van der Waals surface area (Å²) in [6, 6.07) is 0. The van der Waals surface area contributed by atoms with Crippen molar-refractivity contribution in [2.75, 3.05) is 13.7 Å². The first-order chi connectivity index (χ1) is 19.9. The molecule has 0 aromatic carbocycles. The van der Waals surface area contributed by atoms with Gasteiger partial charge >= 0.3 is 17.9 Å². The van der Waals surface area contributed by atoms with Crippen LogP contribution >= 0.6 is 0 Å². The number of nitrogens with zero attached hydrogens (tertiary/aromatic N) is 1. The van der Waals surface area contributed by atoms with Crippen molar-refractivity contribution in [3.05, 3.63) is 11.6 Å². The standard InChI is InChI=1S/C35H53NO7/c1-21(37)42-20-32(6)26-12-13-34(8)27(31(26,5)19-25(28(32)36-40)43-22(2)38)11-10-23-24-18-30(3,4)14-16-35(24,29(39)41-9)17-15-33(23,34)7/h10,24-27,40H,11-20H2,1-9H3/b36-28+/t24-,25+,26+,27+,31-,32+,33+,34+,35-/m0/s1. The summed E-state index contributed by atoms with van der Waals surface area (Å²) in [7, 11) is 1.54. The molecule has 5 rings (SSSR count). The lowest BCUT2D eigenvalue weighted by Crippen LogP contribution is -2.67. The van der Waals surface area contributed by atoms with Gasteiger partial charge in [-0.05, 0) is 97.2 Å². The summed E-state index contributed by atoms with van der Waals surface area (Å²) in [5.74, 6) is -0.392. The predicted molar refractivity (Wildman–Crippen MR) is 162 cm³/mol. The molecule has 240 valence electrons. The monoisotopic (exact) mass is 599 g/mol. The summed E-state index contributed by atoms with van der Waals surface area (Å²) >= 11 is 0. The van der Waals surface area contributed by atoms with Crippen molar-refractivity contribution in [2.24, 2.45) is 55.4 Å². The quantitative estimate of drug-likeness (QED) is 0.123. The van der Waals surface area contributed by atoms with Gasteiger partial charge in [0.1, 0.15) is 18.4 Å². The Morgan fingerprint density at radius 2 is 1.60 bits per heavy atom. The van der Waals surface area contributed by atoms with E-state index in [4.69, 9.17) is 14.2 Å². The minimum atomic E-state index is -0.792. The maximum Gasteiger partial charge on any atom is 0.312 e. The number of carbonyl (C=O) groups is 3. The Balaban J connectivity index is 1.62. The molecular formula is C35H53NO7. The average molecular weight is 600 g/mol. The highest BCUT2D eigenvalue weighted by Crippen LogP contribution is 2.75. The zero-order valence-electron chi connectivity index (χ0n) is 27.8. The lowest BCUT2D eigenvalue weighted by molar-refractivity contribution is -0.193. The van der Waals surface area contributed by atoms with Crippen molar-refractivity contribution in [3.63, 3.8) is 0 Å². The average Bonchev–Trinajstić information content (AvgIpc) is 2.91. The van der Waals surface area contributed by atoms with Crippen molar-refractivity contribution in [3.8, 4) is 0 Å². The van der Waals surface area contributed by atoms with Crippen LogP contribution in [0.4, 0.5) is 0 Å². The van der Waals surface area contributed by atoms with Crippen LogP contribution in [0, 0.1) is 50.2 Å². The molecule has 0 aromatic heterocycles. The zero-order chi connectivity index (χ0) is 31.8. The van der Waals surface area contributed by atoms with E-state index in [0.29, 0.717) is 12.1 Å². The minimum Gasteiger partial charge on any atom is -0.469 e. The molecule has 9 atom stereocenters. The fourth-order valence-corrected chi connectivity index (χ4v) is 11.5. The van der Waals surface area contributed by atoms with E-state index in [-0.39, 0.29) is 58.0 Å². The van der Waals surface area contributed by atoms with Crippen molar-refractivity contribution >= 4 is 23.6 Å². The van der Waals surface area contributed by atoms with E-state index < -0.39 is 22.9 Å². The lowest BCUT2D eigenvalue weighted by atomic mass is 9.33. The van der Waals surface area contributed by atoms with Crippen LogP contribution < -0.4 is 0 Å². The Morgan fingerprint density at radius 3 is 2.21 bits per heavy atom. The Hall–Kier alpha value is -2.38. The molecule has 0 bridgehead atoms. The molecule has 4 fully saturated rings. The third-order valence-corrected chi connectivity index (χ3v) is 13.8. The molecule has 0 saturated heterocycles. The van der Waals surface area contributed by atoms with E-state index in [9.17, 15) is 19.6 Å². The van der Waals surface area contributed by atoms with E-state index in [1.165, 1.54) is 26.5 Å². The number of hydrogen-bond acceptors (Lipinski definition) is 8. The third kappa shape index (κ3) is 4.50. The van der Waals surface area contributed by atoms with E-state index in [1.807, 2.05) is 6.92 Å². The third-order valence-electron chi connectivity index (χ3n) is 13.8. The van der Waals surface area contributed by atoms with E-state index >= 15 is 0 Å². The second kappa shape index (κ2) is 10.3. The number of oxime groups is 1. The first-order valence-electron chi connectivity index (χ1n) is 16.3. The summed E-state index contributed by atoms with van der Waals surface area (Å²) in [6.07, 6.45) is 9.66. The van der Waals surface area contributed by atoms with Crippen LogP contribution in [-0.2, 0) is 28.6 Å². The molecule has 0 aliphatic heterocycles. The Labute approximate surface area is 257 Å². The molecule has 8 heteroatoms. The molecular weight excluding hydrogens is 546 g/mol. The van der Waals surface area contributed by atoms with Crippen LogP contribution in [0.2, 0.25) is 0 Å². The number of esters is 3. The molecule has 0 spiro atoms. The molecule has 43 heavy (non-hydrogen) atoms. The highest BCUT2D eigenvalue weighted by atomic mass is 16.5. The van der Waals surface area contributed by atoms with Gasteiger partial charge in [-0.2, -0.15) is 0 Å². The second-order valence-corrected chi connectivity index (χ2v) is 16.3. The number of allylic oxidation sites excluding steroid dienone is 2. The molecule has 5 aliphatic carbocycles. The Kier molecular flexibility index (Phi) is 7.70. The van der Waals surface area contributed by atoms with Crippen LogP contribution in [0.25, 0.3) is 0 Å². The Bertz CT molecular complexity index is 1250. The molecule has 0 amide bonds. The van der Waals surface area contributed by atoms with Gasteiger partial charge in [0.2, 0.25) is 0 Å². The van der Waals surface area contributed by atoms with Crippen molar-refractivity contribution in [1.29, 1.82) is 0 Å². The predicted octanol–water partition coefficient (Wildman–Crippen LogP) is 6.88. The van der Waals surface area contributed by atoms with Gasteiger partial charge in [-0.15, -0.1) is 0 Å². The summed E-state index contributed by atoms with van der Waals surface area (Å²) in [6.45, 7) is 16.8. The van der Waals surface area contributed by atoms with E-state index in [0.717, 1.165) is 51.4 Å². The van der Waals surface area contributed by atoms with Gasteiger partial charge in [0.05, 0.1) is 17.9 Å². The number of methoxy groups -OCH3 is 1. The van der Waals surface area contributed by atoms with Crippen molar-refractivity contribution < 1.29 is 33.8 Å². The molecule has 0 unspecified atom stereocenters. The number of hydrogen-bond donors (Lipinski definition) is 1. The largest absolute Gasteiger partial charge is 0.469 e. The van der Waals surface area contributed by atoms with E-state index in [1.54, 1.807) is 0 Å². The van der Waals surface area contributed by atoms with Crippen LogP contribution in [0.5, 0.6) is 0 Å². The number of carbonyl (C=O) groups excluding carboxylic acids is 3. The van der Waals surface area contributed by atoms with Gasteiger partial charge in [-0.1, -0.05) is 58.3 Å². The summed E-state index contributed by atoms with van der Waals surface area (Å²) in [5, 5.41) is 14.0. The van der Waals surface area contributed by atoms with Crippen LogP contribution in [0.15, 0.2) is 16.8 Å². The maximum atomic E-state index is 13.5. The number of ether oxygens (including phenoxy) is 3. The Morgan fingerprint density at radius 1 is 0.930 bits per heavy atom. The molecule has 0 aromatic rings. The number of rotatable bonds is 4.